The summed E-state index contributed by atoms with van der Waals surface area (Å²) in [5.74, 6) is -0.458. The van der Waals surface area contributed by atoms with Gasteiger partial charge in [-0.3, -0.25) is 4.79 Å². The maximum atomic E-state index is 11.6. The summed E-state index contributed by atoms with van der Waals surface area (Å²) in [4.78, 5) is 11.6. The van der Waals surface area contributed by atoms with E-state index in [4.69, 9.17) is 5.73 Å². The Morgan fingerprint density at radius 1 is 1.19 bits per heavy atom. The maximum absolute atomic E-state index is 11.6. The maximum Gasteiger partial charge on any atom is 0.229 e. The molecule has 0 saturated heterocycles. The van der Waals surface area contributed by atoms with Gasteiger partial charge >= 0.3 is 0 Å². The molecule has 1 atom stereocenters. The highest BCUT2D eigenvalue weighted by Gasteiger charge is 2.22. The van der Waals surface area contributed by atoms with Crippen molar-refractivity contribution in [1.29, 1.82) is 0 Å². The Morgan fingerprint density at radius 2 is 1.94 bits per heavy atom. The smallest absolute Gasteiger partial charge is 0.229 e. The Labute approximate surface area is 96.2 Å². The van der Waals surface area contributed by atoms with Crippen LogP contribution in [-0.4, -0.2) is 5.91 Å². The molecule has 84 valence electrons. The van der Waals surface area contributed by atoms with Gasteiger partial charge < -0.3 is 5.73 Å². The van der Waals surface area contributed by atoms with Crippen LogP contribution in [0.1, 0.15) is 37.2 Å². The largest absolute Gasteiger partial charge is 0.369 e. The van der Waals surface area contributed by atoms with Crippen molar-refractivity contribution < 1.29 is 4.79 Å². The van der Waals surface area contributed by atoms with Gasteiger partial charge in [0.15, 0.2) is 0 Å². The van der Waals surface area contributed by atoms with Crippen molar-refractivity contribution in [2.24, 2.45) is 5.73 Å². The molecule has 0 radical (unpaired) electrons. The van der Waals surface area contributed by atoms with Gasteiger partial charge in [0.25, 0.3) is 0 Å². The first-order valence-electron chi connectivity index (χ1n) is 5.82. The Bertz CT molecular complexity index is 394. The fraction of sp³-hybridized carbons (Fsp3) is 0.357. The molecule has 2 N–H and O–H groups in total. The number of nitrogens with two attached hydrogens (primary N) is 1. The van der Waals surface area contributed by atoms with Gasteiger partial charge in [0.1, 0.15) is 0 Å². The zero-order valence-electron chi connectivity index (χ0n) is 9.36. The molecule has 1 aliphatic rings. The Balaban J connectivity index is 2.31. The van der Waals surface area contributed by atoms with Crippen LogP contribution in [0.5, 0.6) is 0 Å². The second-order valence-electron chi connectivity index (χ2n) is 4.27. The number of hydrogen-bond acceptors (Lipinski definition) is 1. The summed E-state index contributed by atoms with van der Waals surface area (Å²) >= 11 is 0. The molecule has 0 aromatic heterocycles. The predicted octanol–water partition coefficient (Wildman–Crippen LogP) is 2.76. The van der Waals surface area contributed by atoms with Crippen LogP contribution in [0.25, 0.3) is 0 Å². The molecule has 0 bridgehead atoms. The first kappa shape index (κ1) is 10.9. The molecule has 0 saturated carbocycles. The number of benzene rings is 1. The summed E-state index contributed by atoms with van der Waals surface area (Å²) in [5.41, 5.74) is 7.74. The van der Waals surface area contributed by atoms with Gasteiger partial charge in [0.2, 0.25) is 5.91 Å². The number of carbonyl (C=O) groups is 1. The molecule has 0 heterocycles. The first-order valence-corrected chi connectivity index (χ1v) is 5.82. The third kappa shape index (κ3) is 2.32. The highest BCUT2D eigenvalue weighted by Crippen LogP contribution is 2.31. The van der Waals surface area contributed by atoms with Crippen molar-refractivity contribution in [1.82, 2.24) is 0 Å². The molecule has 1 amide bonds. The van der Waals surface area contributed by atoms with Gasteiger partial charge in [-0.2, -0.15) is 0 Å². The summed E-state index contributed by atoms with van der Waals surface area (Å²) < 4.78 is 0. The van der Waals surface area contributed by atoms with Crippen LogP contribution in [0.3, 0.4) is 0 Å². The second-order valence-corrected chi connectivity index (χ2v) is 4.27. The van der Waals surface area contributed by atoms with Crippen LogP contribution in [0.2, 0.25) is 0 Å². The second kappa shape index (κ2) is 4.97. The Kier molecular flexibility index (Phi) is 3.40. The molecule has 1 aliphatic carbocycles. The lowest BCUT2D eigenvalue weighted by molar-refractivity contribution is -0.118. The number of carbonyl (C=O) groups excluding carboxylic acids is 1. The van der Waals surface area contributed by atoms with Crippen molar-refractivity contribution in [2.45, 2.75) is 31.6 Å². The van der Waals surface area contributed by atoms with Gasteiger partial charge in [-0.05, 0) is 31.2 Å². The minimum absolute atomic E-state index is 0.221. The van der Waals surface area contributed by atoms with E-state index in [1.54, 1.807) is 0 Å². The van der Waals surface area contributed by atoms with Crippen molar-refractivity contribution >= 4 is 5.91 Å². The van der Waals surface area contributed by atoms with Gasteiger partial charge in [-0.1, -0.05) is 42.0 Å². The molecule has 1 aromatic carbocycles. The van der Waals surface area contributed by atoms with Crippen molar-refractivity contribution in [2.75, 3.05) is 0 Å². The van der Waals surface area contributed by atoms with Crippen LogP contribution in [0, 0.1) is 0 Å². The number of primary amides is 1. The van der Waals surface area contributed by atoms with Crippen molar-refractivity contribution in [3.63, 3.8) is 0 Å². The molecule has 2 nitrogen and oxygen atoms in total. The van der Waals surface area contributed by atoms with Gasteiger partial charge in [0, 0.05) is 0 Å². The number of rotatable bonds is 3. The molecule has 0 spiro atoms. The zero-order chi connectivity index (χ0) is 11.4. The van der Waals surface area contributed by atoms with Gasteiger partial charge in [0.05, 0.1) is 5.92 Å². The summed E-state index contributed by atoms with van der Waals surface area (Å²) in [6.45, 7) is 0. The van der Waals surface area contributed by atoms with Crippen molar-refractivity contribution in [3.8, 4) is 0 Å². The van der Waals surface area contributed by atoms with Crippen LogP contribution < -0.4 is 5.73 Å². The molecular formula is C14H17NO. The van der Waals surface area contributed by atoms with E-state index in [9.17, 15) is 4.79 Å². The van der Waals surface area contributed by atoms with Crippen LogP contribution >= 0.6 is 0 Å². The average Bonchev–Trinajstić information content (AvgIpc) is 2.31. The number of hydrogen-bond donors (Lipinski definition) is 1. The zero-order valence-corrected chi connectivity index (χ0v) is 9.36. The highest BCUT2D eigenvalue weighted by atomic mass is 16.1. The normalized spacial score (nSPS) is 17.6. The number of amides is 1. The molecule has 0 unspecified atom stereocenters. The molecule has 2 rings (SSSR count). The lowest BCUT2D eigenvalue weighted by Gasteiger charge is -2.20. The molecule has 0 aliphatic heterocycles. The quantitative estimate of drug-likeness (QED) is 0.774. The van der Waals surface area contributed by atoms with Gasteiger partial charge in [-0.15, -0.1) is 0 Å². The van der Waals surface area contributed by atoms with E-state index < -0.39 is 0 Å². The standard InChI is InChI=1S/C14H17NO/c15-14(16)13(11-7-3-1-4-8-11)12-9-5-2-6-10-12/h1,3-4,7-9,13H,2,5-6,10H2,(H2,15,16)/t13-/m1/s1. The van der Waals surface area contributed by atoms with E-state index in [0.29, 0.717) is 0 Å². The van der Waals surface area contributed by atoms with E-state index in [0.717, 1.165) is 18.4 Å². The van der Waals surface area contributed by atoms with Crippen LogP contribution in [-0.2, 0) is 4.79 Å². The van der Waals surface area contributed by atoms with E-state index in [1.165, 1.54) is 18.4 Å². The Morgan fingerprint density at radius 3 is 2.50 bits per heavy atom. The lowest BCUT2D eigenvalue weighted by Crippen LogP contribution is -2.23. The van der Waals surface area contributed by atoms with E-state index in [2.05, 4.69) is 6.08 Å². The van der Waals surface area contributed by atoms with Crippen molar-refractivity contribution in [3.05, 3.63) is 47.5 Å². The van der Waals surface area contributed by atoms with E-state index in [-0.39, 0.29) is 11.8 Å². The van der Waals surface area contributed by atoms with Gasteiger partial charge in [-0.25, -0.2) is 0 Å². The summed E-state index contributed by atoms with van der Waals surface area (Å²) in [6.07, 6.45) is 6.66. The monoisotopic (exact) mass is 215 g/mol. The SMILES string of the molecule is NC(=O)[C@@H](C1=CCCCC1)c1ccccc1. The van der Waals surface area contributed by atoms with Crippen LogP contribution in [0.4, 0.5) is 0 Å². The van der Waals surface area contributed by atoms with E-state index in [1.807, 2.05) is 30.3 Å². The topological polar surface area (TPSA) is 43.1 Å². The minimum Gasteiger partial charge on any atom is -0.369 e. The fourth-order valence-electron chi connectivity index (χ4n) is 2.33. The molecule has 2 heteroatoms. The highest BCUT2D eigenvalue weighted by molar-refractivity contribution is 5.85. The lowest BCUT2D eigenvalue weighted by atomic mass is 9.84. The summed E-state index contributed by atoms with van der Waals surface area (Å²) in [5, 5.41) is 0. The minimum atomic E-state index is -0.237. The molecule has 1 aromatic rings. The molecule has 16 heavy (non-hydrogen) atoms. The fourth-order valence-corrected chi connectivity index (χ4v) is 2.33. The summed E-state index contributed by atoms with van der Waals surface area (Å²) in [6, 6.07) is 9.82. The third-order valence-electron chi connectivity index (χ3n) is 3.11. The third-order valence-corrected chi connectivity index (χ3v) is 3.11. The first-order chi connectivity index (χ1) is 7.79. The Hall–Kier alpha value is -1.57. The average molecular weight is 215 g/mol. The van der Waals surface area contributed by atoms with Crippen LogP contribution in [0.15, 0.2) is 42.0 Å². The molecule has 0 fully saturated rings. The molecular weight excluding hydrogens is 198 g/mol. The summed E-state index contributed by atoms with van der Waals surface area (Å²) in [7, 11) is 0. The number of allylic oxidation sites excluding steroid dienone is 1. The van der Waals surface area contributed by atoms with E-state index >= 15 is 0 Å². The predicted molar refractivity (Wildman–Crippen MR) is 64.9 cm³/mol.